The summed E-state index contributed by atoms with van der Waals surface area (Å²) in [4.78, 5) is 0. The first-order valence-electron chi connectivity index (χ1n) is 6.04. The van der Waals surface area contributed by atoms with Gasteiger partial charge in [-0.05, 0) is 43.5 Å². The fourth-order valence-corrected chi connectivity index (χ4v) is 2.71. The molecule has 90 valence electrons. The molecule has 0 aliphatic rings. The Morgan fingerprint density at radius 1 is 1.38 bits per heavy atom. The lowest BCUT2D eigenvalue weighted by molar-refractivity contribution is 0.382. The van der Waals surface area contributed by atoms with Crippen molar-refractivity contribution in [1.82, 2.24) is 5.32 Å². The summed E-state index contributed by atoms with van der Waals surface area (Å²) in [5.41, 5.74) is 2.77. The zero-order valence-electron chi connectivity index (χ0n) is 10.7. The average molecular weight is 284 g/mol. The van der Waals surface area contributed by atoms with Gasteiger partial charge in [-0.15, -0.1) is 0 Å². The van der Waals surface area contributed by atoms with E-state index in [1.165, 1.54) is 28.4 Å². The molecule has 0 aliphatic heterocycles. The molecule has 1 rings (SSSR count). The lowest BCUT2D eigenvalue weighted by Gasteiger charge is -2.25. The molecular formula is C14H22BrN. The average Bonchev–Trinajstić information content (AvgIpc) is 2.25. The zero-order chi connectivity index (χ0) is 12.1. The Labute approximate surface area is 108 Å². The van der Waals surface area contributed by atoms with Crippen molar-refractivity contribution >= 4 is 15.9 Å². The molecule has 0 bridgehead atoms. The van der Waals surface area contributed by atoms with Crippen molar-refractivity contribution in [3.8, 4) is 0 Å². The molecule has 1 nitrogen and oxygen atoms in total. The Hall–Kier alpha value is -0.340. The fraction of sp³-hybridized carbons (Fsp3) is 0.571. The van der Waals surface area contributed by atoms with Crippen molar-refractivity contribution in [2.75, 3.05) is 7.05 Å². The second-order valence-corrected chi connectivity index (χ2v) is 5.34. The molecule has 1 aromatic rings. The SMILES string of the molecule is CCCC(C)C(NC)c1cccc(Br)c1C. The van der Waals surface area contributed by atoms with Crippen LogP contribution < -0.4 is 5.32 Å². The van der Waals surface area contributed by atoms with E-state index in [0.717, 1.165) is 0 Å². The first-order chi connectivity index (χ1) is 7.61. The van der Waals surface area contributed by atoms with Crippen LogP contribution >= 0.6 is 15.9 Å². The molecule has 0 saturated carbocycles. The molecule has 0 aromatic heterocycles. The van der Waals surface area contributed by atoms with Crippen LogP contribution in [-0.2, 0) is 0 Å². The summed E-state index contributed by atoms with van der Waals surface area (Å²) in [5.74, 6) is 0.669. The van der Waals surface area contributed by atoms with Crippen molar-refractivity contribution in [2.45, 2.75) is 39.7 Å². The molecule has 0 amide bonds. The molecule has 1 N–H and O–H groups in total. The van der Waals surface area contributed by atoms with Gasteiger partial charge in [-0.25, -0.2) is 0 Å². The Balaban J connectivity index is 2.99. The maximum atomic E-state index is 3.60. The van der Waals surface area contributed by atoms with E-state index in [0.29, 0.717) is 12.0 Å². The van der Waals surface area contributed by atoms with Crippen molar-refractivity contribution in [3.63, 3.8) is 0 Å². The summed E-state index contributed by atoms with van der Waals surface area (Å²) in [6.07, 6.45) is 2.50. The van der Waals surface area contributed by atoms with Crippen LogP contribution in [0.2, 0.25) is 0 Å². The van der Waals surface area contributed by atoms with E-state index in [9.17, 15) is 0 Å². The highest BCUT2D eigenvalue weighted by molar-refractivity contribution is 9.10. The summed E-state index contributed by atoms with van der Waals surface area (Å²) in [7, 11) is 2.05. The number of rotatable bonds is 5. The maximum absolute atomic E-state index is 3.60. The lowest BCUT2D eigenvalue weighted by Crippen LogP contribution is -2.24. The maximum Gasteiger partial charge on any atom is 0.0346 e. The van der Waals surface area contributed by atoms with E-state index in [1.54, 1.807) is 0 Å². The van der Waals surface area contributed by atoms with Gasteiger partial charge in [0.05, 0.1) is 0 Å². The number of hydrogen-bond acceptors (Lipinski definition) is 1. The summed E-state index contributed by atoms with van der Waals surface area (Å²) in [6, 6.07) is 6.91. The van der Waals surface area contributed by atoms with Gasteiger partial charge in [0.2, 0.25) is 0 Å². The van der Waals surface area contributed by atoms with Crippen LogP contribution in [0.1, 0.15) is 43.9 Å². The number of benzene rings is 1. The van der Waals surface area contributed by atoms with E-state index in [2.05, 4.69) is 67.3 Å². The van der Waals surface area contributed by atoms with Crippen LogP contribution in [0.25, 0.3) is 0 Å². The van der Waals surface area contributed by atoms with Crippen molar-refractivity contribution in [2.24, 2.45) is 5.92 Å². The molecule has 1 aromatic carbocycles. The van der Waals surface area contributed by atoms with E-state index < -0.39 is 0 Å². The third-order valence-electron chi connectivity index (χ3n) is 3.27. The minimum Gasteiger partial charge on any atom is -0.313 e. The first-order valence-corrected chi connectivity index (χ1v) is 6.83. The third-order valence-corrected chi connectivity index (χ3v) is 4.13. The lowest BCUT2D eigenvalue weighted by atomic mass is 9.89. The monoisotopic (exact) mass is 283 g/mol. The Bertz CT molecular complexity index is 336. The van der Waals surface area contributed by atoms with Crippen molar-refractivity contribution < 1.29 is 0 Å². The highest BCUT2D eigenvalue weighted by Gasteiger charge is 2.18. The highest BCUT2D eigenvalue weighted by atomic mass is 79.9. The van der Waals surface area contributed by atoms with Crippen molar-refractivity contribution in [1.29, 1.82) is 0 Å². The standard InChI is InChI=1S/C14H22BrN/c1-5-7-10(2)14(16-4)12-8-6-9-13(15)11(12)3/h6,8-10,14,16H,5,7H2,1-4H3. The molecule has 2 heteroatoms. The van der Waals surface area contributed by atoms with Gasteiger partial charge in [-0.2, -0.15) is 0 Å². The third kappa shape index (κ3) is 3.08. The van der Waals surface area contributed by atoms with Gasteiger partial charge in [-0.1, -0.05) is 48.3 Å². The van der Waals surface area contributed by atoms with Crippen LogP contribution in [-0.4, -0.2) is 7.05 Å². The minimum absolute atomic E-state index is 0.456. The quantitative estimate of drug-likeness (QED) is 0.842. The van der Waals surface area contributed by atoms with E-state index >= 15 is 0 Å². The summed E-state index contributed by atoms with van der Waals surface area (Å²) < 4.78 is 1.20. The van der Waals surface area contributed by atoms with E-state index in [1.807, 2.05) is 0 Å². The fourth-order valence-electron chi connectivity index (χ4n) is 2.33. The van der Waals surface area contributed by atoms with Gasteiger partial charge in [-0.3, -0.25) is 0 Å². The van der Waals surface area contributed by atoms with Gasteiger partial charge in [0.25, 0.3) is 0 Å². The number of nitrogens with one attached hydrogen (secondary N) is 1. The zero-order valence-corrected chi connectivity index (χ0v) is 12.3. The summed E-state index contributed by atoms with van der Waals surface area (Å²) in [5, 5.41) is 3.45. The molecule has 0 saturated heterocycles. The molecular weight excluding hydrogens is 262 g/mol. The van der Waals surface area contributed by atoms with Crippen LogP contribution in [0.15, 0.2) is 22.7 Å². The minimum atomic E-state index is 0.456. The van der Waals surface area contributed by atoms with Gasteiger partial charge in [0, 0.05) is 10.5 Å². The van der Waals surface area contributed by atoms with Gasteiger partial charge in [0.1, 0.15) is 0 Å². The van der Waals surface area contributed by atoms with E-state index in [-0.39, 0.29) is 0 Å². The largest absolute Gasteiger partial charge is 0.313 e. The molecule has 2 unspecified atom stereocenters. The first kappa shape index (κ1) is 13.7. The molecule has 0 heterocycles. The second kappa shape index (κ2) is 6.41. The number of hydrogen-bond donors (Lipinski definition) is 1. The molecule has 0 fully saturated rings. The molecule has 16 heavy (non-hydrogen) atoms. The Morgan fingerprint density at radius 2 is 2.06 bits per heavy atom. The molecule has 0 radical (unpaired) electrons. The smallest absolute Gasteiger partial charge is 0.0346 e. The van der Waals surface area contributed by atoms with Crippen LogP contribution in [0.4, 0.5) is 0 Å². The topological polar surface area (TPSA) is 12.0 Å². The molecule has 2 atom stereocenters. The van der Waals surface area contributed by atoms with Crippen LogP contribution in [0.5, 0.6) is 0 Å². The van der Waals surface area contributed by atoms with Gasteiger partial charge < -0.3 is 5.32 Å². The predicted octanol–water partition coefficient (Wildman–Crippen LogP) is 4.45. The second-order valence-electron chi connectivity index (χ2n) is 4.49. The molecule has 0 spiro atoms. The Kier molecular flexibility index (Phi) is 5.50. The van der Waals surface area contributed by atoms with E-state index in [4.69, 9.17) is 0 Å². The summed E-state index contributed by atoms with van der Waals surface area (Å²) >= 11 is 3.60. The number of halogens is 1. The van der Waals surface area contributed by atoms with Crippen LogP contribution in [0, 0.1) is 12.8 Å². The van der Waals surface area contributed by atoms with Crippen LogP contribution in [0.3, 0.4) is 0 Å². The van der Waals surface area contributed by atoms with Gasteiger partial charge >= 0.3 is 0 Å². The predicted molar refractivity (Wildman–Crippen MR) is 74.8 cm³/mol. The summed E-state index contributed by atoms with van der Waals surface area (Å²) in [6.45, 7) is 6.75. The van der Waals surface area contributed by atoms with Crippen molar-refractivity contribution in [3.05, 3.63) is 33.8 Å². The highest BCUT2D eigenvalue weighted by Crippen LogP contribution is 2.30. The van der Waals surface area contributed by atoms with Gasteiger partial charge in [0.15, 0.2) is 0 Å². The molecule has 0 aliphatic carbocycles. The Morgan fingerprint density at radius 3 is 2.62 bits per heavy atom. The normalized spacial score (nSPS) is 14.8.